The fraction of sp³-hybridized carbons (Fsp3) is 0.333. The molecule has 18 heavy (non-hydrogen) atoms. The van der Waals surface area contributed by atoms with E-state index >= 15 is 0 Å². The zero-order chi connectivity index (χ0) is 13.0. The van der Waals surface area contributed by atoms with Gasteiger partial charge in [-0.05, 0) is 36.0 Å². The van der Waals surface area contributed by atoms with Crippen LogP contribution in [0, 0.1) is 6.92 Å². The Morgan fingerprint density at radius 2 is 1.67 bits per heavy atom. The van der Waals surface area contributed by atoms with Gasteiger partial charge in [0.25, 0.3) is 0 Å². The van der Waals surface area contributed by atoms with Gasteiger partial charge in [0.05, 0.1) is 0 Å². The molecule has 0 bridgehead atoms. The van der Waals surface area contributed by atoms with E-state index < -0.39 is 0 Å². The van der Waals surface area contributed by atoms with E-state index in [0.29, 0.717) is 5.92 Å². The van der Waals surface area contributed by atoms with E-state index in [2.05, 4.69) is 69.3 Å². The SMILES string of the molecule is CCCC(C)c1ccc(-c2cccc(C)c2)cc1. The molecule has 0 fully saturated rings. The maximum atomic E-state index is 2.31. The van der Waals surface area contributed by atoms with Crippen LogP contribution < -0.4 is 0 Å². The number of hydrogen-bond acceptors (Lipinski definition) is 0. The van der Waals surface area contributed by atoms with E-state index in [-0.39, 0.29) is 0 Å². The van der Waals surface area contributed by atoms with Crippen molar-refractivity contribution in [3.05, 3.63) is 59.7 Å². The molecule has 0 aromatic heterocycles. The molecule has 0 heterocycles. The topological polar surface area (TPSA) is 0 Å². The largest absolute Gasteiger partial charge is 0.0654 e. The number of hydrogen-bond donors (Lipinski definition) is 0. The van der Waals surface area contributed by atoms with E-state index in [1.807, 2.05) is 0 Å². The Hall–Kier alpha value is -1.56. The Morgan fingerprint density at radius 3 is 2.28 bits per heavy atom. The predicted molar refractivity (Wildman–Crippen MR) is 79.9 cm³/mol. The van der Waals surface area contributed by atoms with Gasteiger partial charge in [-0.25, -0.2) is 0 Å². The highest BCUT2D eigenvalue weighted by Crippen LogP contribution is 2.25. The highest BCUT2D eigenvalue weighted by atomic mass is 14.1. The van der Waals surface area contributed by atoms with Crippen LogP contribution in [0.3, 0.4) is 0 Å². The highest BCUT2D eigenvalue weighted by molar-refractivity contribution is 5.64. The maximum Gasteiger partial charge on any atom is -0.0181 e. The Kier molecular flexibility index (Phi) is 4.19. The van der Waals surface area contributed by atoms with Crippen LogP contribution >= 0.6 is 0 Å². The summed E-state index contributed by atoms with van der Waals surface area (Å²) in [6, 6.07) is 17.7. The zero-order valence-corrected chi connectivity index (χ0v) is 11.6. The molecule has 0 saturated carbocycles. The summed E-state index contributed by atoms with van der Waals surface area (Å²) in [5.74, 6) is 0.668. The Morgan fingerprint density at radius 1 is 0.944 bits per heavy atom. The average molecular weight is 238 g/mol. The Labute approximate surface area is 111 Å². The van der Waals surface area contributed by atoms with Crippen molar-refractivity contribution in [2.75, 3.05) is 0 Å². The lowest BCUT2D eigenvalue weighted by Crippen LogP contribution is -1.92. The van der Waals surface area contributed by atoms with Crippen molar-refractivity contribution in [1.29, 1.82) is 0 Å². The molecule has 2 aromatic carbocycles. The second kappa shape index (κ2) is 5.86. The van der Waals surface area contributed by atoms with Crippen LogP contribution in [0.25, 0.3) is 11.1 Å². The molecule has 0 nitrogen and oxygen atoms in total. The minimum atomic E-state index is 0.668. The molecule has 1 unspecified atom stereocenters. The second-order valence-corrected chi connectivity index (χ2v) is 5.18. The molecule has 0 heteroatoms. The third kappa shape index (κ3) is 3.01. The van der Waals surface area contributed by atoms with E-state index in [1.54, 1.807) is 0 Å². The molecule has 0 saturated heterocycles. The Balaban J connectivity index is 2.22. The summed E-state index contributed by atoms with van der Waals surface area (Å²) < 4.78 is 0. The van der Waals surface area contributed by atoms with Crippen LogP contribution in [0.1, 0.15) is 43.7 Å². The fourth-order valence-corrected chi connectivity index (χ4v) is 2.43. The smallest absolute Gasteiger partial charge is 0.0181 e. The lowest BCUT2D eigenvalue weighted by molar-refractivity contribution is 0.665. The lowest BCUT2D eigenvalue weighted by Gasteiger charge is -2.11. The zero-order valence-electron chi connectivity index (χ0n) is 11.6. The molecule has 0 amide bonds. The predicted octanol–water partition coefficient (Wildman–Crippen LogP) is 5.57. The standard InChI is InChI=1S/C18H22/c1-4-6-15(3)16-9-11-17(12-10-16)18-8-5-7-14(2)13-18/h5,7-13,15H,4,6H2,1-3H3. The van der Waals surface area contributed by atoms with E-state index in [0.717, 1.165) is 0 Å². The summed E-state index contributed by atoms with van der Waals surface area (Å²) >= 11 is 0. The number of rotatable bonds is 4. The van der Waals surface area contributed by atoms with Gasteiger partial charge < -0.3 is 0 Å². The molecule has 0 N–H and O–H groups in total. The summed E-state index contributed by atoms with van der Waals surface area (Å²) in [5.41, 5.74) is 5.39. The van der Waals surface area contributed by atoms with Gasteiger partial charge in [0, 0.05) is 0 Å². The van der Waals surface area contributed by atoms with Gasteiger partial charge in [-0.3, -0.25) is 0 Å². The van der Waals surface area contributed by atoms with Gasteiger partial charge >= 0.3 is 0 Å². The first kappa shape index (κ1) is 12.9. The van der Waals surface area contributed by atoms with E-state index in [4.69, 9.17) is 0 Å². The highest BCUT2D eigenvalue weighted by Gasteiger charge is 2.04. The average Bonchev–Trinajstić information content (AvgIpc) is 2.39. The first-order valence-electron chi connectivity index (χ1n) is 6.87. The van der Waals surface area contributed by atoms with Crippen molar-refractivity contribution in [3.63, 3.8) is 0 Å². The van der Waals surface area contributed by atoms with Crippen LogP contribution in [0.4, 0.5) is 0 Å². The van der Waals surface area contributed by atoms with Gasteiger partial charge in [0.1, 0.15) is 0 Å². The second-order valence-electron chi connectivity index (χ2n) is 5.18. The van der Waals surface area contributed by atoms with Crippen molar-refractivity contribution in [1.82, 2.24) is 0 Å². The number of benzene rings is 2. The molecule has 0 spiro atoms. The third-order valence-electron chi connectivity index (χ3n) is 3.55. The van der Waals surface area contributed by atoms with E-state index in [1.165, 1.54) is 35.1 Å². The van der Waals surface area contributed by atoms with Crippen molar-refractivity contribution in [2.24, 2.45) is 0 Å². The van der Waals surface area contributed by atoms with E-state index in [9.17, 15) is 0 Å². The van der Waals surface area contributed by atoms with Gasteiger partial charge in [0.2, 0.25) is 0 Å². The van der Waals surface area contributed by atoms with Crippen LogP contribution in [0.15, 0.2) is 48.5 Å². The first-order valence-corrected chi connectivity index (χ1v) is 6.87. The molecule has 94 valence electrons. The summed E-state index contributed by atoms with van der Waals surface area (Å²) in [6.45, 7) is 6.70. The van der Waals surface area contributed by atoms with Crippen molar-refractivity contribution in [2.45, 2.75) is 39.5 Å². The fourth-order valence-electron chi connectivity index (χ4n) is 2.43. The quantitative estimate of drug-likeness (QED) is 0.653. The third-order valence-corrected chi connectivity index (χ3v) is 3.55. The van der Waals surface area contributed by atoms with Crippen LogP contribution in [0.2, 0.25) is 0 Å². The van der Waals surface area contributed by atoms with Crippen LogP contribution in [-0.4, -0.2) is 0 Å². The summed E-state index contributed by atoms with van der Waals surface area (Å²) in [6.07, 6.45) is 2.52. The molecular weight excluding hydrogens is 216 g/mol. The van der Waals surface area contributed by atoms with Crippen molar-refractivity contribution >= 4 is 0 Å². The Bertz CT molecular complexity index is 494. The number of aryl methyl sites for hydroxylation is 1. The van der Waals surface area contributed by atoms with Crippen molar-refractivity contribution in [3.8, 4) is 11.1 Å². The van der Waals surface area contributed by atoms with Gasteiger partial charge in [-0.2, -0.15) is 0 Å². The minimum Gasteiger partial charge on any atom is -0.0654 e. The maximum absolute atomic E-state index is 2.31. The van der Waals surface area contributed by atoms with Crippen LogP contribution in [-0.2, 0) is 0 Å². The molecule has 0 aliphatic carbocycles. The van der Waals surface area contributed by atoms with Gasteiger partial charge in [0.15, 0.2) is 0 Å². The minimum absolute atomic E-state index is 0.668. The van der Waals surface area contributed by atoms with Crippen LogP contribution in [0.5, 0.6) is 0 Å². The molecule has 2 aromatic rings. The monoisotopic (exact) mass is 238 g/mol. The van der Waals surface area contributed by atoms with Gasteiger partial charge in [-0.1, -0.05) is 74.4 Å². The van der Waals surface area contributed by atoms with Crippen molar-refractivity contribution < 1.29 is 0 Å². The molecule has 0 aliphatic heterocycles. The molecule has 0 radical (unpaired) electrons. The lowest BCUT2D eigenvalue weighted by atomic mass is 9.94. The molecule has 0 aliphatic rings. The summed E-state index contributed by atoms with van der Waals surface area (Å²) in [5, 5.41) is 0. The summed E-state index contributed by atoms with van der Waals surface area (Å²) in [7, 11) is 0. The first-order chi connectivity index (χ1) is 8.70. The summed E-state index contributed by atoms with van der Waals surface area (Å²) in [4.78, 5) is 0. The molecular formula is C18H22. The molecule has 2 rings (SSSR count). The van der Waals surface area contributed by atoms with Gasteiger partial charge in [-0.15, -0.1) is 0 Å². The molecule has 1 atom stereocenters. The normalized spacial score (nSPS) is 12.4.